The van der Waals surface area contributed by atoms with Crippen molar-refractivity contribution in [2.75, 3.05) is 13.1 Å². The Balaban J connectivity index is 2.09. The first kappa shape index (κ1) is 11.0. The van der Waals surface area contributed by atoms with Crippen LogP contribution in [-0.2, 0) is 11.2 Å². The van der Waals surface area contributed by atoms with Gasteiger partial charge in [0, 0.05) is 24.9 Å². The topological polar surface area (TPSA) is 107 Å². The number of nitrogens with one attached hydrogen (secondary N) is 3. The van der Waals surface area contributed by atoms with Crippen LogP contribution < -0.4 is 10.6 Å². The van der Waals surface area contributed by atoms with Crippen LogP contribution in [0.5, 0.6) is 0 Å². The summed E-state index contributed by atoms with van der Waals surface area (Å²) in [7, 11) is 0. The first-order chi connectivity index (χ1) is 7.18. The zero-order chi connectivity index (χ0) is 11.1. The average Bonchev–Trinajstić information content (AvgIpc) is 2.67. The predicted molar refractivity (Wildman–Crippen MR) is 51.3 cm³/mol. The number of hydrogen-bond donors (Lipinski definition) is 4. The summed E-state index contributed by atoms with van der Waals surface area (Å²) < 4.78 is 0. The van der Waals surface area contributed by atoms with Crippen LogP contribution in [0, 0.1) is 0 Å². The Kier molecular flexibility index (Phi) is 4.14. The molecule has 7 heteroatoms. The maximum atomic E-state index is 11.0. The number of aliphatic carboxylic acids is 1. The number of carbonyl (C=O) groups is 2. The SMILES string of the molecule is O=C(O)CNC(=O)NCCc1cnc[nH]1. The van der Waals surface area contributed by atoms with Gasteiger partial charge in [0.15, 0.2) is 0 Å². The lowest BCUT2D eigenvalue weighted by Gasteiger charge is -2.04. The predicted octanol–water partition coefficient (Wildman–Crippen LogP) is -0.664. The summed E-state index contributed by atoms with van der Waals surface area (Å²) in [5.41, 5.74) is 0.911. The van der Waals surface area contributed by atoms with Crippen LogP contribution in [0.25, 0.3) is 0 Å². The Hall–Kier alpha value is -2.05. The standard InChI is InChI=1S/C8H12N4O3/c13-7(14)4-11-8(15)10-2-1-6-3-9-5-12-6/h3,5H,1-2,4H2,(H,9,12)(H,13,14)(H2,10,11,15). The molecular weight excluding hydrogens is 200 g/mol. The van der Waals surface area contributed by atoms with E-state index in [0.29, 0.717) is 13.0 Å². The van der Waals surface area contributed by atoms with Gasteiger partial charge in [-0.1, -0.05) is 0 Å². The van der Waals surface area contributed by atoms with Crippen LogP contribution >= 0.6 is 0 Å². The first-order valence-corrected chi connectivity index (χ1v) is 4.39. The molecule has 0 aliphatic carbocycles. The van der Waals surface area contributed by atoms with E-state index in [1.54, 1.807) is 12.5 Å². The molecule has 0 radical (unpaired) electrons. The van der Waals surface area contributed by atoms with Gasteiger partial charge in [-0.05, 0) is 0 Å². The minimum absolute atomic E-state index is 0.379. The molecule has 0 aliphatic rings. The fourth-order valence-corrected chi connectivity index (χ4v) is 0.950. The molecule has 0 saturated heterocycles. The van der Waals surface area contributed by atoms with Crippen molar-refractivity contribution in [1.29, 1.82) is 0 Å². The zero-order valence-electron chi connectivity index (χ0n) is 7.99. The number of aromatic amines is 1. The zero-order valence-corrected chi connectivity index (χ0v) is 7.99. The van der Waals surface area contributed by atoms with E-state index in [-0.39, 0.29) is 6.54 Å². The van der Waals surface area contributed by atoms with Crippen molar-refractivity contribution in [1.82, 2.24) is 20.6 Å². The van der Waals surface area contributed by atoms with E-state index in [0.717, 1.165) is 5.69 Å². The van der Waals surface area contributed by atoms with Crippen molar-refractivity contribution in [2.24, 2.45) is 0 Å². The Morgan fingerprint density at radius 2 is 2.27 bits per heavy atom. The van der Waals surface area contributed by atoms with Crippen molar-refractivity contribution in [3.8, 4) is 0 Å². The second-order valence-corrected chi connectivity index (χ2v) is 2.83. The highest BCUT2D eigenvalue weighted by Crippen LogP contribution is 1.89. The molecule has 7 nitrogen and oxygen atoms in total. The first-order valence-electron chi connectivity index (χ1n) is 4.39. The highest BCUT2D eigenvalue weighted by molar-refractivity contribution is 5.79. The van der Waals surface area contributed by atoms with E-state index >= 15 is 0 Å². The lowest BCUT2D eigenvalue weighted by molar-refractivity contribution is -0.135. The van der Waals surface area contributed by atoms with Crippen molar-refractivity contribution in [3.63, 3.8) is 0 Å². The minimum atomic E-state index is -1.07. The third-order valence-corrected chi connectivity index (χ3v) is 1.63. The summed E-state index contributed by atoms with van der Waals surface area (Å²) in [5, 5.41) is 13.0. The van der Waals surface area contributed by atoms with Crippen LogP contribution in [-0.4, -0.2) is 40.2 Å². The molecule has 2 amide bonds. The summed E-state index contributed by atoms with van der Waals surface area (Å²) in [6.45, 7) is 0.0452. The molecule has 0 saturated carbocycles. The number of carboxylic acid groups (broad SMARTS) is 1. The van der Waals surface area contributed by atoms with Gasteiger partial charge in [0.25, 0.3) is 0 Å². The Morgan fingerprint density at radius 1 is 1.47 bits per heavy atom. The maximum absolute atomic E-state index is 11.0. The Bertz CT molecular complexity index is 323. The molecule has 0 fully saturated rings. The molecule has 0 aromatic carbocycles. The lowest BCUT2D eigenvalue weighted by Crippen LogP contribution is -2.39. The van der Waals surface area contributed by atoms with Gasteiger partial charge in [0.1, 0.15) is 6.54 Å². The smallest absolute Gasteiger partial charge is 0.323 e. The second-order valence-electron chi connectivity index (χ2n) is 2.83. The molecule has 1 heterocycles. The van der Waals surface area contributed by atoms with Crippen molar-refractivity contribution < 1.29 is 14.7 Å². The van der Waals surface area contributed by atoms with Crippen molar-refractivity contribution in [2.45, 2.75) is 6.42 Å². The molecule has 4 N–H and O–H groups in total. The molecule has 0 bridgehead atoms. The number of imidazole rings is 1. The van der Waals surface area contributed by atoms with Gasteiger partial charge in [0.05, 0.1) is 6.33 Å². The largest absolute Gasteiger partial charge is 0.480 e. The van der Waals surface area contributed by atoms with Gasteiger partial charge in [-0.25, -0.2) is 9.78 Å². The molecule has 1 aromatic heterocycles. The number of H-pyrrole nitrogens is 1. The molecule has 15 heavy (non-hydrogen) atoms. The highest BCUT2D eigenvalue weighted by atomic mass is 16.4. The summed E-state index contributed by atoms with van der Waals surface area (Å²) >= 11 is 0. The number of aromatic nitrogens is 2. The number of carboxylic acids is 1. The molecule has 0 unspecified atom stereocenters. The van der Waals surface area contributed by atoms with Gasteiger partial charge in [-0.2, -0.15) is 0 Å². The van der Waals surface area contributed by atoms with Crippen LogP contribution in [0.4, 0.5) is 4.79 Å². The number of rotatable bonds is 5. The van der Waals surface area contributed by atoms with E-state index < -0.39 is 12.0 Å². The van der Waals surface area contributed by atoms with E-state index in [1.165, 1.54) is 0 Å². The van der Waals surface area contributed by atoms with E-state index in [1.807, 2.05) is 0 Å². The monoisotopic (exact) mass is 212 g/mol. The van der Waals surface area contributed by atoms with E-state index in [4.69, 9.17) is 5.11 Å². The molecule has 0 spiro atoms. The number of nitrogens with zero attached hydrogens (tertiary/aromatic N) is 1. The van der Waals surface area contributed by atoms with Gasteiger partial charge >= 0.3 is 12.0 Å². The van der Waals surface area contributed by atoms with Crippen LogP contribution in [0.1, 0.15) is 5.69 Å². The van der Waals surface area contributed by atoms with Crippen molar-refractivity contribution >= 4 is 12.0 Å². The molecular formula is C8H12N4O3. The normalized spacial score (nSPS) is 9.60. The molecule has 1 rings (SSSR count). The number of hydrogen-bond acceptors (Lipinski definition) is 3. The summed E-state index contributed by atoms with van der Waals surface area (Å²) in [4.78, 5) is 27.8. The summed E-state index contributed by atoms with van der Waals surface area (Å²) in [6.07, 6.45) is 3.84. The number of urea groups is 1. The molecule has 1 aromatic rings. The number of carbonyl (C=O) groups excluding carboxylic acids is 1. The molecule has 82 valence electrons. The van der Waals surface area contributed by atoms with Gasteiger partial charge in [-0.3, -0.25) is 4.79 Å². The van der Waals surface area contributed by atoms with Crippen LogP contribution in [0.2, 0.25) is 0 Å². The Labute approximate surface area is 85.9 Å². The molecule has 0 aliphatic heterocycles. The van der Waals surface area contributed by atoms with Crippen LogP contribution in [0.15, 0.2) is 12.5 Å². The lowest BCUT2D eigenvalue weighted by atomic mass is 10.3. The maximum Gasteiger partial charge on any atom is 0.323 e. The minimum Gasteiger partial charge on any atom is -0.480 e. The quantitative estimate of drug-likeness (QED) is 0.519. The third kappa shape index (κ3) is 4.65. The van der Waals surface area contributed by atoms with E-state index in [9.17, 15) is 9.59 Å². The fraction of sp³-hybridized carbons (Fsp3) is 0.375. The van der Waals surface area contributed by atoms with E-state index in [2.05, 4.69) is 20.6 Å². The second kappa shape index (κ2) is 5.63. The van der Waals surface area contributed by atoms with Gasteiger partial charge in [-0.15, -0.1) is 0 Å². The molecule has 0 atom stereocenters. The average molecular weight is 212 g/mol. The summed E-state index contributed by atoms with van der Waals surface area (Å²) in [5.74, 6) is -1.07. The fourth-order valence-electron chi connectivity index (χ4n) is 0.950. The Morgan fingerprint density at radius 3 is 2.87 bits per heavy atom. The van der Waals surface area contributed by atoms with Gasteiger partial charge < -0.3 is 20.7 Å². The van der Waals surface area contributed by atoms with Crippen LogP contribution in [0.3, 0.4) is 0 Å². The van der Waals surface area contributed by atoms with Gasteiger partial charge in [0.2, 0.25) is 0 Å². The van der Waals surface area contributed by atoms with Crippen molar-refractivity contribution in [3.05, 3.63) is 18.2 Å². The third-order valence-electron chi connectivity index (χ3n) is 1.63. The number of amides is 2. The highest BCUT2D eigenvalue weighted by Gasteiger charge is 2.02. The summed E-state index contributed by atoms with van der Waals surface area (Å²) in [6, 6.07) is -0.489.